The lowest BCUT2D eigenvalue weighted by Crippen LogP contribution is -2.21. The first-order valence-electron chi connectivity index (χ1n) is 6.39. The Balaban J connectivity index is 2.18. The zero-order valence-electron chi connectivity index (χ0n) is 10.3. The third kappa shape index (κ3) is 2.97. The monoisotopic (exact) mass is 237 g/mol. The summed E-state index contributed by atoms with van der Waals surface area (Å²) < 4.78 is 19.6. The molecule has 1 aliphatic rings. The molecule has 17 heavy (non-hydrogen) atoms. The van der Waals surface area contributed by atoms with Crippen molar-refractivity contribution in [2.75, 3.05) is 0 Å². The molecule has 0 amide bonds. The Morgan fingerprint density at radius 1 is 1.29 bits per heavy atom. The van der Waals surface area contributed by atoms with Crippen LogP contribution in [0.1, 0.15) is 50.6 Å². The fourth-order valence-corrected chi connectivity index (χ4v) is 2.36. The van der Waals surface area contributed by atoms with Gasteiger partial charge in [-0.1, -0.05) is 18.6 Å². The van der Waals surface area contributed by atoms with E-state index >= 15 is 0 Å². The van der Waals surface area contributed by atoms with Crippen molar-refractivity contribution in [1.29, 1.82) is 0 Å². The van der Waals surface area contributed by atoms with Crippen molar-refractivity contribution in [3.05, 3.63) is 29.6 Å². The van der Waals surface area contributed by atoms with E-state index in [0.29, 0.717) is 5.75 Å². The summed E-state index contributed by atoms with van der Waals surface area (Å²) in [6.45, 7) is 1.85. The van der Waals surface area contributed by atoms with Gasteiger partial charge in [0.15, 0.2) is 11.6 Å². The van der Waals surface area contributed by atoms with E-state index in [-0.39, 0.29) is 18.0 Å². The molecule has 0 bridgehead atoms. The van der Waals surface area contributed by atoms with Crippen molar-refractivity contribution < 1.29 is 9.13 Å². The standard InChI is InChI=1S/C14H20FNO/c1-10(16)12-8-5-9-13(15)14(12)17-11-6-3-2-4-7-11/h5,8-11H,2-4,6-7,16H2,1H3. The van der Waals surface area contributed by atoms with Crippen LogP contribution in [0.5, 0.6) is 5.75 Å². The largest absolute Gasteiger partial charge is 0.487 e. The van der Waals surface area contributed by atoms with Gasteiger partial charge in [0, 0.05) is 11.6 Å². The molecule has 1 aliphatic carbocycles. The highest BCUT2D eigenvalue weighted by atomic mass is 19.1. The van der Waals surface area contributed by atoms with E-state index in [4.69, 9.17) is 10.5 Å². The molecule has 0 radical (unpaired) electrons. The molecule has 1 aromatic carbocycles. The van der Waals surface area contributed by atoms with Crippen molar-refractivity contribution in [3.63, 3.8) is 0 Å². The van der Waals surface area contributed by atoms with E-state index in [2.05, 4.69) is 0 Å². The lowest BCUT2D eigenvalue weighted by molar-refractivity contribution is 0.146. The predicted octanol–water partition coefficient (Wildman–Crippen LogP) is 3.56. The molecular weight excluding hydrogens is 217 g/mol. The van der Waals surface area contributed by atoms with Crippen LogP contribution in [0.4, 0.5) is 4.39 Å². The molecule has 1 saturated carbocycles. The summed E-state index contributed by atoms with van der Waals surface area (Å²) in [6.07, 6.45) is 5.80. The van der Waals surface area contributed by atoms with Gasteiger partial charge in [-0.25, -0.2) is 4.39 Å². The summed E-state index contributed by atoms with van der Waals surface area (Å²) in [5.41, 5.74) is 6.60. The fraction of sp³-hybridized carbons (Fsp3) is 0.571. The van der Waals surface area contributed by atoms with Crippen molar-refractivity contribution >= 4 is 0 Å². The van der Waals surface area contributed by atoms with Gasteiger partial charge in [-0.2, -0.15) is 0 Å². The zero-order chi connectivity index (χ0) is 12.3. The van der Waals surface area contributed by atoms with Crippen LogP contribution >= 0.6 is 0 Å². The molecule has 1 fully saturated rings. The first-order valence-corrected chi connectivity index (χ1v) is 6.39. The second-order valence-electron chi connectivity index (χ2n) is 4.82. The van der Waals surface area contributed by atoms with Gasteiger partial charge in [0.2, 0.25) is 0 Å². The smallest absolute Gasteiger partial charge is 0.165 e. The maximum absolute atomic E-state index is 13.8. The Bertz CT molecular complexity index is 372. The number of rotatable bonds is 3. The molecule has 1 unspecified atom stereocenters. The molecule has 0 aromatic heterocycles. The average molecular weight is 237 g/mol. The molecule has 94 valence electrons. The van der Waals surface area contributed by atoms with Crippen LogP contribution in [0.3, 0.4) is 0 Å². The van der Waals surface area contributed by atoms with Gasteiger partial charge in [-0.3, -0.25) is 0 Å². The summed E-state index contributed by atoms with van der Waals surface area (Å²) in [5.74, 6) is 0.0553. The molecule has 0 aliphatic heterocycles. The van der Waals surface area contributed by atoms with Gasteiger partial charge < -0.3 is 10.5 Å². The van der Waals surface area contributed by atoms with Crippen LogP contribution in [0.15, 0.2) is 18.2 Å². The molecule has 1 atom stereocenters. The van der Waals surface area contributed by atoms with Gasteiger partial charge >= 0.3 is 0 Å². The molecule has 3 heteroatoms. The lowest BCUT2D eigenvalue weighted by atomic mass is 9.97. The molecule has 2 rings (SSSR count). The Morgan fingerprint density at radius 2 is 2.00 bits per heavy atom. The van der Waals surface area contributed by atoms with Crippen LogP contribution in [-0.2, 0) is 0 Å². The minimum Gasteiger partial charge on any atom is -0.487 e. The van der Waals surface area contributed by atoms with Gasteiger partial charge in [-0.05, 0) is 38.7 Å². The number of benzene rings is 1. The second-order valence-corrected chi connectivity index (χ2v) is 4.82. The Hall–Kier alpha value is -1.09. The maximum Gasteiger partial charge on any atom is 0.165 e. The molecule has 0 heterocycles. The van der Waals surface area contributed by atoms with Crippen LogP contribution in [0.2, 0.25) is 0 Å². The maximum atomic E-state index is 13.8. The van der Waals surface area contributed by atoms with Gasteiger partial charge in [-0.15, -0.1) is 0 Å². The van der Waals surface area contributed by atoms with Gasteiger partial charge in [0.25, 0.3) is 0 Å². The van der Waals surface area contributed by atoms with E-state index < -0.39 is 0 Å². The number of hydrogen-bond acceptors (Lipinski definition) is 2. The predicted molar refractivity (Wildman–Crippen MR) is 66.5 cm³/mol. The SMILES string of the molecule is CC(N)c1cccc(F)c1OC1CCCCC1. The highest BCUT2D eigenvalue weighted by molar-refractivity contribution is 5.37. The van der Waals surface area contributed by atoms with Crippen molar-refractivity contribution in [3.8, 4) is 5.75 Å². The number of halogens is 1. The zero-order valence-corrected chi connectivity index (χ0v) is 10.3. The molecular formula is C14H20FNO. The normalized spacial score (nSPS) is 19.0. The van der Waals surface area contributed by atoms with Crippen molar-refractivity contribution in [2.24, 2.45) is 5.73 Å². The van der Waals surface area contributed by atoms with E-state index in [0.717, 1.165) is 18.4 Å². The molecule has 1 aromatic rings. The Morgan fingerprint density at radius 3 is 2.65 bits per heavy atom. The van der Waals surface area contributed by atoms with E-state index in [1.165, 1.54) is 25.3 Å². The highest BCUT2D eigenvalue weighted by Gasteiger charge is 2.19. The van der Waals surface area contributed by atoms with E-state index in [1.54, 1.807) is 6.07 Å². The number of para-hydroxylation sites is 1. The molecule has 2 nitrogen and oxygen atoms in total. The summed E-state index contributed by atoms with van der Waals surface area (Å²) >= 11 is 0. The van der Waals surface area contributed by atoms with Crippen LogP contribution in [0, 0.1) is 5.82 Å². The molecule has 0 spiro atoms. The van der Waals surface area contributed by atoms with Crippen LogP contribution < -0.4 is 10.5 Å². The number of ether oxygens (including phenoxy) is 1. The fourth-order valence-electron chi connectivity index (χ4n) is 2.36. The summed E-state index contributed by atoms with van der Waals surface area (Å²) in [5, 5.41) is 0. The van der Waals surface area contributed by atoms with Crippen LogP contribution in [-0.4, -0.2) is 6.10 Å². The quantitative estimate of drug-likeness (QED) is 0.872. The third-order valence-corrected chi connectivity index (χ3v) is 3.32. The summed E-state index contributed by atoms with van der Waals surface area (Å²) in [6, 6.07) is 4.75. The summed E-state index contributed by atoms with van der Waals surface area (Å²) in [4.78, 5) is 0. The van der Waals surface area contributed by atoms with Crippen LogP contribution in [0.25, 0.3) is 0 Å². The third-order valence-electron chi connectivity index (χ3n) is 3.32. The van der Waals surface area contributed by atoms with E-state index in [1.807, 2.05) is 13.0 Å². The first-order chi connectivity index (χ1) is 8.18. The number of hydrogen-bond donors (Lipinski definition) is 1. The first kappa shape index (κ1) is 12.4. The topological polar surface area (TPSA) is 35.2 Å². The van der Waals surface area contributed by atoms with Crippen molar-refractivity contribution in [2.45, 2.75) is 51.2 Å². The van der Waals surface area contributed by atoms with Gasteiger partial charge in [0.1, 0.15) is 0 Å². The highest BCUT2D eigenvalue weighted by Crippen LogP contribution is 2.31. The van der Waals surface area contributed by atoms with Crippen molar-refractivity contribution in [1.82, 2.24) is 0 Å². The minimum atomic E-state index is -0.301. The molecule has 0 saturated heterocycles. The number of nitrogens with two attached hydrogens (primary N) is 1. The van der Waals surface area contributed by atoms with Gasteiger partial charge in [0.05, 0.1) is 6.10 Å². The Kier molecular flexibility index (Phi) is 4.00. The minimum absolute atomic E-state index is 0.151. The Labute approximate surface area is 102 Å². The molecule has 2 N–H and O–H groups in total. The average Bonchev–Trinajstić information content (AvgIpc) is 2.33. The summed E-state index contributed by atoms with van der Waals surface area (Å²) in [7, 11) is 0. The lowest BCUT2D eigenvalue weighted by Gasteiger charge is -2.25. The second kappa shape index (κ2) is 5.50. The van der Waals surface area contributed by atoms with E-state index in [9.17, 15) is 4.39 Å².